The molecule has 1 aliphatic carbocycles. The van der Waals surface area contributed by atoms with Crippen LogP contribution in [0.5, 0.6) is 0 Å². The summed E-state index contributed by atoms with van der Waals surface area (Å²) in [7, 11) is 0. The summed E-state index contributed by atoms with van der Waals surface area (Å²) in [5, 5.41) is 7.55. The van der Waals surface area contributed by atoms with E-state index in [4.69, 9.17) is 17.0 Å². The molecule has 1 rings (SSSR count). The lowest BCUT2D eigenvalue weighted by Gasteiger charge is -1.96. The number of allylic oxidation sites excluding steroid dienone is 2. The van der Waals surface area contributed by atoms with Crippen molar-refractivity contribution in [1.29, 1.82) is 5.41 Å². The zero-order chi connectivity index (χ0) is 9.30. The first kappa shape index (κ1) is 9.79. The Morgan fingerprint density at radius 2 is 2.25 bits per heavy atom. The summed E-state index contributed by atoms with van der Waals surface area (Å²) in [6.45, 7) is 6.05. The zero-order valence-corrected chi connectivity index (χ0v) is 8.70. The second-order valence-corrected chi connectivity index (χ2v) is 4.17. The van der Waals surface area contributed by atoms with E-state index >= 15 is 0 Å². The minimum Gasteiger partial charge on any atom is -0.310 e. The standard InChI is InChI=1S/C10H16ClN/c1-4-8-9(5-6(2)12)10(8)7(3)11/h7-8,12H,4-5H2,1-3H3. The molecule has 0 aromatic carbocycles. The molecule has 2 atom stereocenters. The van der Waals surface area contributed by atoms with Crippen molar-refractivity contribution in [2.24, 2.45) is 5.92 Å². The van der Waals surface area contributed by atoms with E-state index in [1.54, 1.807) is 0 Å². The van der Waals surface area contributed by atoms with E-state index in [9.17, 15) is 0 Å². The maximum atomic E-state index is 7.38. The molecule has 0 radical (unpaired) electrons. The van der Waals surface area contributed by atoms with Crippen molar-refractivity contribution in [3.05, 3.63) is 11.1 Å². The summed E-state index contributed by atoms with van der Waals surface area (Å²) < 4.78 is 0. The van der Waals surface area contributed by atoms with E-state index in [0.29, 0.717) is 5.92 Å². The van der Waals surface area contributed by atoms with Crippen LogP contribution in [0.3, 0.4) is 0 Å². The van der Waals surface area contributed by atoms with Gasteiger partial charge in [-0.05, 0) is 25.8 Å². The number of rotatable bonds is 4. The van der Waals surface area contributed by atoms with Crippen LogP contribution in [-0.2, 0) is 0 Å². The molecule has 2 unspecified atom stereocenters. The molecule has 0 spiro atoms. The molecule has 1 aliphatic rings. The number of halogens is 1. The van der Waals surface area contributed by atoms with Gasteiger partial charge in [0, 0.05) is 18.1 Å². The Balaban J connectivity index is 2.57. The number of alkyl halides is 1. The van der Waals surface area contributed by atoms with Gasteiger partial charge in [0.2, 0.25) is 0 Å². The van der Waals surface area contributed by atoms with E-state index in [2.05, 4.69) is 6.92 Å². The molecule has 0 saturated carbocycles. The van der Waals surface area contributed by atoms with Crippen molar-refractivity contribution >= 4 is 17.3 Å². The van der Waals surface area contributed by atoms with Gasteiger partial charge in [-0.25, -0.2) is 0 Å². The van der Waals surface area contributed by atoms with Gasteiger partial charge in [-0.2, -0.15) is 0 Å². The molecular formula is C10H16ClN. The summed E-state index contributed by atoms with van der Waals surface area (Å²) >= 11 is 6.00. The Bertz CT molecular complexity index is 228. The van der Waals surface area contributed by atoms with Gasteiger partial charge in [0.15, 0.2) is 0 Å². The zero-order valence-electron chi connectivity index (χ0n) is 7.95. The minimum absolute atomic E-state index is 0.171. The van der Waals surface area contributed by atoms with E-state index in [1.165, 1.54) is 11.1 Å². The quantitative estimate of drug-likeness (QED) is 0.395. The highest BCUT2D eigenvalue weighted by atomic mass is 35.5. The molecule has 1 nitrogen and oxygen atoms in total. The Kier molecular flexibility index (Phi) is 2.94. The van der Waals surface area contributed by atoms with Gasteiger partial charge in [-0.3, -0.25) is 0 Å². The third kappa shape index (κ3) is 1.89. The molecule has 0 heterocycles. The number of nitrogens with one attached hydrogen (secondary N) is 1. The maximum Gasteiger partial charge on any atom is 0.0525 e. The lowest BCUT2D eigenvalue weighted by Crippen LogP contribution is -1.90. The highest BCUT2D eigenvalue weighted by molar-refractivity contribution is 6.22. The largest absolute Gasteiger partial charge is 0.310 e. The summed E-state index contributed by atoms with van der Waals surface area (Å²) in [6.07, 6.45) is 1.99. The lowest BCUT2D eigenvalue weighted by molar-refractivity contribution is 0.790. The third-order valence-electron chi connectivity index (χ3n) is 2.38. The smallest absolute Gasteiger partial charge is 0.0525 e. The van der Waals surface area contributed by atoms with Gasteiger partial charge >= 0.3 is 0 Å². The molecule has 0 fully saturated rings. The van der Waals surface area contributed by atoms with E-state index in [-0.39, 0.29) is 5.38 Å². The molecule has 12 heavy (non-hydrogen) atoms. The minimum atomic E-state index is 0.171. The van der Waals surface area contributed by atoms with Gasteiger partial charge in [0.25, 0.3) is 0 Å². The molecular weight excluding hydrogens is 170 g/mol. The maximum absolute atomic E-state index is 7.38. The van der Waals surface area contributed by atoms with Crippen LogP contribution in [0, 0.1) is 11.3 Å². The second kappa shape index (κ2) is 3.61. The predicted octanol–water partition coefficient (Wildman–Crippen LogP) is 3.38. The second-order valence-electron chi connectivity index (χ2n) is 3.51. The molecule has 0 saturated heterocycles. The number of hydrogen-bond donors (Lipinski definition) is 1. The van der Waals surface area contributed by atoms with Gasteiger partial charge in [0.05, 0.1) is 5.38 Å². The van der Waals surface area contributed by atoms with Crippen molar-refractivity contribution in [3.63, 3.8) is 0 Å². The average molecular weight is 186 g/mol. The SMILES string of the molecule is CCC1C(CC(C)=N)=C1C(C)Cl. The first-order valence-corrected chi connectivity index (χ1v) is 4.92. The van der Waals surface area contributed by atoms with Crippen LogP contribution in [0.15, 0.2) is 11.1 Å². The van der Waals surface area contributed by atoms with Crippen molar-refractivity contribution in [2.75, 3.05) is 0 Å². The van der Waals surface area contributed by atoms with Crippen molar-refractivity contribution in [1.82, 2.24) is 0 Å². The van der Waals surface area contributed by atoms with Crippen LogP contribution in [0.2, 0.25) is 0 Å². The Labute approximate surface area is 79.3 Å². The van der Waals surface area contributed by atoms with E-state index in [0.717, 1.165) is 18.6 Å². The van der Waals surface area contributed by atoms with Gasteiger partial charge in [-0.1, -0.05) is 12.5 Å². The molecule has 0 aromatic heterocycles. The van der Waals surface area contributed by atoms with E-state index < -0.39 is 0 Å². The number of hydrogen-bond acceptors (Lipinski definition) is 1. The fourth-order valence-corrected chi connectivity index (χ4v) is 2.14. The topological polar surface area (TPSA) is 23.9 Å². The molecule has 0 aromatic rings. The van der Waals surface area contributed by atoms with Crippen molar-refractivity contribution < 1.29 is 0 Å². The first-order valence-electron chi connectivity index (χ1n) is 4.48. The average Bonchev–Trinajstić information content (AvgIpc) is 2.60. The molecule has 1 N–H and O–H groups in total. The summed E-state index contributed by atoms with van der Waals surface area (Å²) in [5.74, 6) is 0.623. The highest BCUT2D eigenvalue weighted by Gasteiger charge is 2.36. The normalized spacial score (nSPS) is 24.2. The monoisotopic (exact) mass is 185 g/mol. The Hall–Kier alpha value is -0.300. The Morgan fingerprint density at radius 3 is 2.50 bits per heavy atom. The predicted molar refractivity (Wildman–Crippen MR) is 54.1 cm³/mol. The van der Waals surface area contributed by atoms with Crippen LogP contribution in [0.1, 0.15) is 33.6 Å². The fraction of sp³-hybridized carbons (Fsp3) is 0.700. The molecule has 2 heteroatoms. The van der Waals surface area contributed by atoms with E-state index in [1.807, 2.05) is 13.8 Å². The van der Waals surface area contributed by atoms with Crippen molar-refractivity contribution in [3.8, 4) is 0 Å². The summed E-state index contributed by atoms with van der Waals surface area (Å²) in [5.41, 5.74) is 3.56. The lowest BCUT2D eigenvalue weighted by atomic mass is 10.1. The van der Waals surface area contributed by atoms with Crippen molar-refractivity contribution in [2.45, 2.75) is 39.0 Å². The molecule has 0 aliphatic heterocycles. The first-order chi connectivity index (χ1) is 5.57. The van der Waals surface area contributed by atoms with Crippen LogP contribution >= 0.6 is 11.6 Å². The molecule has 0 amide bonds. The summed E-state index contributed by atoms with van der Waals surface area (Å²) in [6, 6.07) is 0. The van der Waals surface area contributed by atoms with Gasteiger partial charge in [0.1, 0.15) is 0 Å². The van der Waals surface area contributed by atoms with Gasteiger partial charge < -0.3 is 5.41 Å². The highest BCUT2D eigenvalue weighted by Crippen LogP contribution is 2.47. The molecule has 0 bridgehead atoms. The fourth-order valence-electron chi connectivity index (χ4n) is 1.85. The van der Waals surface area contributed by atoms with Gasteiger partial charge in [-0.15, -0.1) is 11.6 Å². The van der Waals surface area contributed by atoms with Crippen LogP contribution in [0.4, 0.5) is 0 Å². The third-order valence-corrected chi connectivity index (χ3v) is 2.61. The van der Waals surface area contributed by atoms with Crippen LogP contribution < -0.4 is 0 Å². The van der Waals surface area contributed by atoms with Crippen LogP contribution in [-0.4, -0.2) is 11.1 Å². The molecule has 68 valence electrons. The Morgan fingerprint density at radius 1 is 1.67 bits per heavy atom. The van der Waals surface area contributed by atoms with Crippen LogP contribution in [0.25, 0.3) is 0 Å². The summed E-state index contributed by atoms with van der Waals surface area (Å²) in [4.78, 5) is 0.